The van der Waals surface area contributed by atoms with Gasteiger partial charge in [-0.1, -0.05) is 6.92 Å². The maximum atomic E-state index is 15.2. The van der Waals surface area contributed by atoms with Crippen molar-refractivity contribution in [1.82, 2.24) is 61.8 Å². The average Bonchev–Trinajstić information content (AvgIpc) is 0.885. The van der Waals surface area contributed by atoms with Crippen LogP contribution in [0.5, 0.6) is 0 Å². The third kappa shape index (κ3) is 20.6. The SMILES string of the molecule is Cc1c(N)nc([C@H](CC(N)=O)NC[C@@H](N)C(N)=O)nc1C(=O)N[C@H](C(=O)N[C@@H](C)[C@H](O)[C@@H](C)C(=O)N[C@@H](C(=O)NCCc1nc(-c2nc(C(=O)NCCC[S+](C)C)cs2)cs1)[C@@H](C)O)C(O[C@H]1O[C@H](CO)[C@H](O)[C@@H](O)[C@H]1O[C@H]1O[C@H](CO)[C@@H](O)[C@H](OC(N)=O)[C@@H]1O)c1cnc[nH]1. The lowest BCUT2D eigenvalue weighted by Gasteiger charge is -2.47. The molecule has 2 fully saturated rings. The summed E-state index contributed by atoms with van der Waals surface area (Å²) in [6.45, 7) is 3.18. The van der Waals surface area contributed by atoms with Gasteiger partial charge in [0.15, 0.2) is 18.7 Å². The standard InChI is InChI=1S/C55H83N17O21S3/c1-20-33(69-46(72-44(20)58)25(12-31(57)76)64-13-24(56)45(59)82)50(86)71-35(41(26-14-61-19-65-26)91-54-43(39(80)37(78)29(15-73)90-54)92-53-40(81)42(93-55(60)88)38(79)30(16-74)89-53)51(87)66-22(3)36(77)21(2)47(83)70-34(23(4)75)49(85)63-10-8-32-67-28(18-94-32)52-68-27(17-95-52)48(84)62-9-7-11-96(5)6/h14,17-19,21-25,29-30,34-43,53-54,64,73-75,77-81H,7-13,15-16,56H2,1-6H3,(H13-,57,58,59,60,61,62,63,65,66,69,70,71,72,76,82,83,84,85,86,87,88)/p+1/t21-,22+,23-,24-,25+,29-,30-,34-,35+,36-,37+,38-,39-,40+,41?,42+,43-,53-,54-/m1/s1. The second-order valence-corrected chi connectivity index (χ2v) is 27.0. The summed E-state index contributed by atoms with van der Waals surface area (Å²) >= 11 is 2.52. The smallest absolute Gasteiger partial charge is 0.404 e. The number of H-pyrrole nitrogens is 1. The number of carbonyl (C=O) groups excluding carboxylic acids is 8. The molecule has 1 unspecified atom stereocenters. The van der Waals surface area contributed by atoms with E-state index < -0.39 is 183 Å². The maximum absolute atomic E-state index is 15.2. The fourth-order valence-electron chi connectivity index (χ4n) is 9.80. The van der Waals surface area contributed by atoms with Crippen LogP contribution in [0, 0.1) is 12.8 Å². The minimum atomic E-state index is -2.20. The van der Waals surface area contributed by atoms with E-state index in [0.29, 0.717) is 22.3 Å². The highest BCUT2D eigenvalue weighted by molar-refractivity contribution is 7.95. The minimum Gasteiger partial charge on any atom is -0.441 e. The number of hydrogen-bond acceptors (Lipinski definition) is 31. The molecule has 38 nitrogen and oxygen atoms in total. The molecule has 8 amide bonds. The van der Waals surface area contributed by atoms with Gasteiger partial charge < -0.3 is 130 Å². The first kappa shape index (κ1) is 77.7. The van der Waals surface area contributed by atoms with Crippen LogP contribution >= 0.6 is 22.7 Å². The third-order valence-electron chi connectivity index (χ3n) is 15.3. The average molecular weight is 1420 g/mol. The highest BCUT2D eigenvalue weighted by atomic mass is 32.2. The molecule has 532 valence electrons. The van der Waals surface area contributed by atoms with E-state index in [-0.39, 0.29) is 64.9 Å². The fraction of sp³-hybridized carbons (Fsp3) is 0.618. The first-order valence-corrected chi connectivity index (χ1v) is 33.8. The van der Waals surface area contributed by atoms with Crippen LogP contribution < -0.4 is 60.6 Å². The summed E-state index contributed by atoms with van der Waals surface area (Å²) in [6, 6.07) is -7.85. The van der Waals surface area contributed by atoms with E-state index in [1.807, 2.05) is 0 Å². The van der Waals surface area contributed by atoms with Crippen molar-refractivity contribution in [2.75, 3.05) is 56.8 Å². The van der Waals surface area contributed by atoms with E-state index in [1.165, 1.54) is 50.4 Å². The number of nitrogens with zero attached hydrogens (tertiary/aromatic N) is 5. The number of aromatic nitrogens is 6. The number of thiazole rings is 2. The van der Waals surface area contributed by atoms with Gasteiger partial charge in [0.25, 0.3) is 11.8 Å². The second-order valence-electron chi connectivity index (χ2n) is 22.8. The number of amides is 8. The van der Waals surface area contributed by atoms with Crippen LogP contribution in [-0.4, -0.2) is 267 Å². The Morgan fingerprint density at radius 1 is 0.781 bits per heavy atom. The number of primary amides is 3. The van der Waals surface area contributed by atoms with Crippen LogP contribution in [0.3, 0.4) is 0 Å². The highest BCUT2D eigenvalue weighted by Crippen LogP contribution is 2.35. The molecule has 0 aliphatic carbocycles. The summed E-state index contributed by atoms with van der Waals surface area (Å²) in [5.41, 5.74) is 28.1. The molecular weight excluding hydrogens is 1330 g/mol. The van der Waals surface area contributed by atoms with Crippen LogP contribution in [0.1, 0.15) is 88.8 Å². The number of aromatic amines is 1. The lowest BCUT2D eigenvalue weighted by Crippen LogP contribution is -2.65. The summed E-state index contributed by atoms with van der Waals surface area (Å²) in [5, 5.41) is 108. The number of ether oxygens (including phenoxy) is 5. The number of carbonyl (C=O) groups is 8. The number of aliphatic hydroxyl groups is 8. The van der Waals surface area contributed by atoms with Crippen LogP contribution in [0.15, 0.2) is 23.3 Å². The van der Waals surface area contributed by atoms with Gasteiger partial charge in [0.05, 0.1) is 85.2 Å². The molecule has 6 heterocycles. The summed E-state index contributed by atoms with van der Waals surface area (Å²) in [4.78, 5) is 131. The molecule has 2 saturated heterocycles. The number of imidazole rings is 1. The van der Waals surface area contributed by atoms with Gasteiger partial charge in [-0.25, -0.2) is 29.7 Å². The molecule has 96 heavy (non-hydrogen) atoms. The second kappa shape index (κ2) is 35.8. The molecule has 2 aliphatic heterocycles. The van der Waals surface area contributed by atoms with E-state index >= 15 is 4.79 Å². The summed E-state index contributed by atoms with van der Waals surface area (Å²) in [6.07, 6.45) is -20.0. The van der Waals surface area contributed by atoms with Crippen molar-refractivity contribution in [2.24, 2.45) is 28.9 Å². The van der Waals surface area contributed by atoms with Crippen molar-refractivity contribution in [3.63, 3.8) is 0 Å². The van der Waals surface area contributed by atoms with Gasteiger partial charge in [-0.15, -0.1) is 22.7 Å². The van der Waals surface area contributed by atoms with Crippen molar-refractivity contribution >= 4 is 86.8 Å². The maximum Gasteiger partial charge on any atom is 0.404 e. The molecule has 41 heteroatoms. The Morgan fingerprint density at radius 2 is 1.47 bits per heavy atom. The van der Waals surface area contributed by atoms with Gasteiger partial charge in [0.2, 0.25) is 29.5 Å². The molecule has 0 saturated carbocycles. The van der Waals surface area contributed by atoms with Crippen molar-refractivity contribution in [3.05, 3.63) is 56.8 Å². The van der Waals surface area contributed by atoms with E-state index in [1.54, 1.807) is 10.8 Å². The zero-order valence-electron chi connectivity index (χ0n) is 52.9. The summed E-state index contributed by atoms with van der Waals surface area (Å²) in [7, 11) is 0.254. The number of anilines is 1. The molecule has 4 aromatic rings. The molecule has 0 aromatic carbocycles. The summed E-state index contributed by atoms with van der Waals surface area (Å²) in [5.74, 6) is -7.69. The number of nitrogen functional groups attached to an aromatic ring is 1. The predicted molar refractivity (Wildman–Crippen MR) is 339 cm³/mol. The van der Waals surface area contributed by atoms with Crippen LogP contribution in [0.2, 0.25) is 0 Å². The highest BCUT2D eigenvalue weighted by Gasteiger charge is 2.54. The van der Waals surface area contributed by atoms with Crippen LogP contribution in [-0.2, 0) is 65.0 Å². The van der Waals surface area contributed by atoms with Crippen molar-refractivity contribution in [3.8, 4) is 10.7 Å². The Kier molecular flexibility index (Phi) is 29.0. The van der Waals surface area contributed by atoms with E-state index in [9.17, 15) is 74.4 Å². The quantitative estimate of drug-likeness (QED) is 0.0150. The summed E-state index contributed by atoms with van der Waals surface area (Å²) < 4.78 is 28.7. The van der Waals surface area contributed by atoms with Crippen LogP contribution in [0.25, 0.3) is 10.7 Å². The largest absolute Gasteiger partial charge is 0.441 e. The molecule has 19 atom stereocenters. The van der Waals surface area contributed by atoms with Gasteiger partial charge in [-0.2, -0.15) is 0 Å². The molecule has 0 bridgehead atoms. The molecule has 4 aromatic heterocycles. The van der Waals surface area contributed by atoms with E-state index in [0.717, 1.165) is 24.7 Å². The van der Waals surface area contributed by atoms with Gasteiger partial charge >= 0.3 is 6.09 Å². The first-order valence-electron chi connectivity index (χ1n) is 29.8. The number of nitrogens with one attached hydrogen (secondary N) is 7. The normalized spacial score (nSPS) is 24.0. The van der Waals surface area contributed by atoms with Gasteiger partial charge in [-0.05, 0) is 31.7 Å². The zero-order chi connectivity index (χ0) is 71.0. The first-order chi connectivity index (χ1) is 45.3. The van der Waals surface area contributed by atoms with Gasteiger partial charge in [0, 0.05) is 55.2 Å². The Hall–Kier alpha value is -7.30. The van der Waals surface area contributed by atoms with Crippen LogP contribution in [0.4, 0.5) is 10.6 Å². The molecule has 0 radical (unpaired) electrons. The van der Waals surface area contributed by atoms with Gasteiger partial charge in [0.1, 0.15) is 100 Å². The number of nitrogens with two attached hydrogens (primary N) is 5. The van der Waals surface area contributed by atoms with Crippen molar-refractivity contribution < 1.29 is 103 Å². The van der Waals surface area contributed by atoms with Crippen molar-refractivity contribution in [1.29, 1.82) is 0 Å². The van der Waals surface area contributed by atoms with E-state index in [4.69, 9.17) is 52.4 Å². The number of aliphatic hydroxyl groups excluding tert-OH is 8. The zero-order valence-corrected chi connectivity index (χ0v) is 55.3. The van der Waals surface area contributed by atoms with E-state index in [2.05, 4.69) is 74.3 Å². The number of rotatable bonds is 35. The van der Waals surface area contributed by atoms with Gasteiger partial charge in [-0.3, -0.25) is 33.6 Å². The van der Waals surface area contributed by atoms with Crippen molar-refractivity contribution in [2.45, 2.75) is 157 Å². The topological polar surface area (TPSA) is 627 Å². The Morgan fingerprint density at radius 3 is 2.09 bits per heavy atom. The Labute approximate surface area is 559 Å². The Bertz CT molecular complexity index is 3280. The minimum absolute atomic E-state index is 0.00498. The predicted octanol–water partition coefficient (Wildman–Crippen LogP) is -7.70. The third-order valence-corrected chi connectivity index (χ3v) is 18.2. The molecule has 25 N–H and O–H groups in total. The monoisotopic (exact) mass is 1410 g/mol. The fourth-order valence-corrected chi connectivity index (χ4v) is 12.1. The lowest BCUT2D eigenvalue weighted by molar-refractivity contribution is -0.372. The molecule has 2 aliphatic rings. The Balaban J connectivity index is 1.26. The molecule has 6 rings (SSSR count). The number of hydrogen-bond donors (Lipinski definition) is 20. The lowest BCUT2D eigenvalue weighted by atomic mass is 9.96. The molecule has 0 spiro atoms. The molecular formula is C55H84N17O21S3+.